The van der Waals surface area contributed by atoms with E-state index in [0.717, 1.165) is 26.2 Å². The minimum atomic E-state index is 0.232. The molecule has 0 bridgehead atoms. The highest BCUT2D eigenvalue weighted by Gasteiger charge is 2.44. The highest BCUT2D eigenvalue weighted by molar-refractivity contribution is 5.77. The summed E-state index contributed by atoms with van der Waals surface area (Å²) in [5.74, 6) is 0.659. The van der Waals surface area contributed by atoms with Crippen molar-refractivity contribution in [3.8, 4) is 0 Å². The number of hydrogen-bond acceptors (Lipinski definition) is 3. The van der Waals surface area contributed by atoms with Gasteiger partial charge in [-0.1, -0.05) is 0 Å². The molecule has 0 radical (unpaired) electrons. The number of likely N-dealkylation sites (N-methyl/N-ethyl adjacent to an activating group) is 1. The molecule has 0 saturated carbocycles. The van der Waals surface area contributed by atoms with Gasteiger partial charge >= 0.3 is 6.03 Å². The van der Waals surface area contributed by atoms with Crippen LogP contribution in [0.3, 0.4) is 0 Å². The van der Waals surface area contributed by atoms with Crippen molar-refractivity contribution in [1.82, 2.24) is 20.0 Å². The maximum absolute atomic E-state index is 12.2. The van der Waals surface area contributed by atoms with Crippen LogP contribution >= 0.6 is 0 Å². The predicted octanol–water partition coefficient (Wildman–Crippen LogP) is -0.354. The zero-order valence-electron chi connectivity index (χ0n) is 10.7. The first kappa shape index (κ1) is 11.3. The third kappa shape index (κ3) is 1.81. The van der Waals surface area contributed by atoms with Crippen LogP contribution < -0.4 is 5.32 Å². The molecular weight excluding hydrogens is 216 g/mol. The molecule has 3 heterocycles. The Morgan fingerprint density at radius 2 is 2.00 bits per heavy atom. The lowest BCUT2D eigenvalue weighted by Crippen LogP contribution is -2.58. The number of nitrogens with zero attached hydrogens (tertiary/aromatic N) is 3. The standard InChI is InChI=1S/C12H22N4O/c1-14-4-3-9(7-14)11-8-16(10-5-13-6-10)12(17)15(11)2/h9-11,13H,3-8H2,1-2H3. The summed E-state index contributed by atoms with van der Waals surface area (Å²) < 4.78 is 0. The summed E-state index contributed by atoms with van der Waals surface area (Å²) in [4.78, 5) is 18.6. The highest BCUT2D eigenvalue weighted by atomic mass is 16.2. The molecule has 0 aliphatic carbocycles. The summed E-state index contributed by atoms with van der Waals surface area (Å²) in [6.45, 7) is 5.18. The lowest BCUT2D eigenvalue weighted by Gasteiger charge is -2.35. The smallest absolute Gasteiger partial charge is 0.320 e. The van der Waals surface area contributed by atoms with E-state index in [1.807, 2.05) is 11.9 Å². The van der Waals surface area contributed by atoms with Gasteiger partial charge in [0.15, 0.2) is 0 Å². The molecule has 1 N–H and O–H groups in total. The van der Waals surface area contributed by atoms with E-state index in [9.17, 15) is 4.79 Å². The van der Waals surface area contributed by atoms with Crippen molar-refractivity contribution in [1.29, 1.82) is 0 Å². The lowest BCUT2D eigenvalue weighted by molar-refractivity contribution is 0.162. The number of hydrogen-bond donors (Lipinski definition) is 1. The Morgan fingerprint density at radius 1 is 1.24 bits per heavy atom. The number of likely N-dealkylation sites (tertiary alicyclic amines) is 1. The second-order valence-corrected chi connectivity index (χ2v) is 5.74. The molecule has 0 spiro atoms. The summed E-state index contributed by atoms with van der Waals surface area (Å²) >= 11 is 0. The number of carbonyl (C=O) groups excluding carboxylic acids is 1. The molecule has 5 nitrogen and oxygen atoms in total. The van der Waals surface area contributed by atoms with Crippen molar-refractivity contribution >= 4 is 6.03 Å². The van der Waals surface area contributed by atoms with Gasteiger partial charge in [0.25, 0.3) is 0 Å². The van der Waals surface area contributed by atoms with Crippen LogP contribution in [0.2, 0.25) is 0 Å². The van der Waals surface area contributed by atoms with Gasteiger partial charge in [0.2, 0.25) is 0 Å². The number of rotatable bonds is 2. The fourth-order valence-electron chi connectivity index (χ4n) is 3.29. The van der Waals surface area contributed by atoms with E-state index >= 15 is 0 Å². The van der Waals surface area contributed by atoms with Crippen LogP contribution in [0.1, 0.15) is 6.42 Å². The van der Waals surface area contributed by atoms with Gasteiger partial charge in [0, 0.05) is 33.2 Å². The second kappa shape index (κ2) is 4.14. The first-order valence-electron chi connectivity index (χ1n) is 6.59. The van der Waals surface area contributed by atoms with Crippen LogP contribution in [-0.2, 0) is 0 Å². The number of nitrogens with one attached hydrogen (secondary N) is 1. The van der Waals surface area contributed by atoms with Crippen molar-refractivity contribution in [2.75, 3.05) is 46.8 Å². The van der Waals surface area contributed by atoms with Gasteiger partial charge in [-0.15, -0.1) is 0 Å². The van der Waals surface area contributed by atoms with Crippen molar-refractivity contribution in [3.05, 3.63) is 0 Å². The molecule has 17 heavy (non-hydrogen) atoms. The van der Waals surface area contributed by atoms with Crippen LogP contribution in [0, 0.1) is 5.92 Å². The Morgan fingerprint density at radius 3 is 2.53 bits per heavy atom. The summed E-state index contributed by atoms with van der Waals surface area (Å²) in [5, 5.41) is 3.24. The first-order valence-corrected chi connectivity index (χ1v) is 6.59. The Labute approximate surface area is 103 Å². The maximum atomic E-state index is 12.2. The maximum Gasteiger partial charge on any atom is 0.320 e. The molecule has 5 heteroatoms. The Balaban J connectivity index is 1.68. The van der Waals surface area contributed by atoms with Crippen molar-refractivity contribution in [2.24, 2.45) is 5.92 Å². The van der Waals surface area contributed by atoms with Crippen LogP contribution in [0.25, 0.3) is 0 Å². The SMILES string of the molecule is CN1CCC(C2CN(C3CNC3)C(=O)N2C)C1. The van der Waals surface area contributed by atoms with E-state index < -0.39 is 0 Å². The van der Waals surface area contributed by atoms with Gasteiger partial charge in [-0.05, 0) is 25.9 Å². The van der Waals surface area contributed by atoms with E-state index in [2.05, 4.69) is 22.2 Å². The van der Waals surface area contributed by atoms with Gasteiger partial charge in [-0.3, -0.25) is 0 Å². The van der Waals surface area contributed by atoms with Crippen molar-refractivity contribution < 1.29 is 4.79 Å². The fraction of sp³-hybridized carbons (Fsp3) is 0.917. The highest BCUT2D eigenvalue weighted by Crippen LogP contribution is 2.28. The van der Waals surface area contributed by atoms with Gasteiger partial charge in [0.1, 0.15) is 0 Å². The average Bonchev–Trinajstić information content (AvgIpc) is 2.75. The van der Waals surface area contributed by atoms with Crippen LogP contribution in [0.5, 0.6) is 0 Å². The Hall–Kier alpha value is -0.810. The van der Waals surface area contributed by atoms with Gasteiger partial charge in [-0.2, -0.15) is 0 Å². The van der Waals surface area contributed by atoms with Gasteiger partial charge in [-0.25, -0.2) is 4.79 Å². The summed E-state index contributed by atoms with van der Waals surface area (Å²) in [6, 6.07) is 1.10. The molecule has 2 amide bonds. The van der Waals surface area contributed by atoms with Crippen LogP contribution in [-0.4, -0.2) is 79.6 Å². The third-order valence-electron chi connectivity index (χ3n) is 4.60. The number of urea groups is 1. The fourth-order valence-corrected chi connectivity index (χ4v) is 3.29. The van der Waals surface area contributed by atoms with Gasteiger partial charge in [0.05, 0.1) is 12.1 Å². The third-order valence-corrected chi connectivity index (χ3v) is 4.60. The topological polar surface area (TPSA) is 38.8 Å². The first-order chi connectivity index (χ1) is 8.16. The number of amides is 2. The normalized spacial score (nSPS) is 35.8. The molecule has 2 unspecified atom stereocenters. The molecule has 96 valence electrons. The largest absolute Gasteiger partial charge is 0.323 e. The van der Waals surface area contributed by atoms with E-state index in [-0.39, 0.29) is 6.03 Å². The van der Waals surface area contributed by atoms with Crippen LogP contribution in [0.4, 0.5) is 4.79 Å². The Kier molecular flexibility index (Phi) is 2.75. The molecule has 0 aromatic rings. The molecule has 3 saturated heterocycles. The van der Waals surface area contributed by atoms with Gasteiger partial charge < -0.3 is 20.0 Å². The number of carbonyl (C=O) groups is 1. The predicted molar refractivity (Wildman–Crippen MR) is 65.9 cm³/mol. The van der Waals surface area contributed by atoms with E-state index in [4.69, 9.17) is 0 Å². The molecular formula is C12H22N4O. The lowest BCUT2D eigenvalue weighted by atomic mass is 9.98. The quantitative estimate of drug-likeness (QED) is 0.714. The zero-order chi connectivity index (χ0) is 12.0. The Bertz CT molecular complexity index is 318. The molecule has 3 fully saturated rings. The molecule has 3 aliphatic heterocycles. The zero-order valence-corrected chi connectivity index (χ0v) is 10.7. The van der Waals surface area contributed by atoms with Crippen molar-refractivity contribution in [2.45, 2.75) is 18.5 Å². The van der Waals surface area contributed by atoms with Crippen LogP contribution in [0.15, 0.2) is 0 Å². The average molecular weight is 238 g/mol. The second-order valence-electron chi connectivity index (χ2n) is 5.74. The summed E-state index contributed by atoms with van der Waals surface area (Å²) in [6.07, 6.45) is 1.23. The van der Waals surface area contributed by atoms with E-state index in [1.54, 1.807) is 0 Å². The summed E-state index contributed by atoms with van der Waals surface area (Å²) in [7, 11) is 4.14. The summed E-state index contributed by atoms with van der Waals surface area (Å²) in [5.41, 5.74) is 0. The molecule has 2 atom stereocenters. The minimum absolute atomic E-state index is 0.232. The molecule has 0 aromatic carbocycles. The molecule has 3 aliphatic rings. The minimum Gasteiger partial charge on any atom is -0.323 e. The van der Waals surface area contributed by atoms with E-state index in [1.165, 1.54) is 13.0 Å². The van der Waals surface area contributed by atoms with Crippen molar-refractivity contribution in [3.63, 3.8) is 0 Å². The van der Waals surface area contributed by atoms with E-state index in [0.29, 0.717) is 18.0 Å². The molecule has 0 aromatic heterocycles. The monoisotopic (exact) mass is 238 g/mol. The molecule has 3 rings (SSSR count).